The molecule has 0 heterocycles. The van der Waals surface area contributed by atoms with Crippen LogP contribution in [-0.2, 0) is 6.42 Å². The normalized spacial score (nSPS) is 10.3. The molecule has 0 aliphatic carbocycles. The molecule has 0 radical (unpaired) electrons. The van der Waals surface area contributed by atoms with Crippen molar-refractivity contribution in [2.45, 2.75) is 27.2 Å². The lowest BCUT2D eigenvalue weighted by Crippen LogP contribution is -2.03. The van der Waals surface area contributed by atoms with Crippen LogP contribution in [0.5, 0.6) is 0 Å². The second-order valence-electron chi connectivity index (χ2n) is 4.68. The molecule has 0 atom stereocenters. The summed E-state index contributed by atoms with van der Waals surface area (Å²) in [6.07, 6.45) is 0.837. The molecule has 0 saturated carbocycles. The number of nitrogens with one attached hydrogen (secondary N) is 1. The molecule has 0 unspecified atom stereocenters. The Morgan fingerprint density at radius 2 is 1.74 bits per heavy atom. The Kier molecular flexibility index (Phi) is 4.00. The van der Waals surface area contributed by atoms with E-state index in [-0.39, 0.29) is 5.78 Å². The summed E-state index contributed by atoms with van der Waals surface area (Å²) in [6, 6.07) is 14.0. The third kappa shape index (κ3) is 2.84. The second kappa shape index (κ2) is 5.70. The highest BCUT2D eigenvalue weighted by Crippen LogP contribution is 2.26. The molecule has 2 aromatic rings. The van der Waals surface area contributed by atoms with Crippen LogP contribution in [0.15, 0.2) is 42.5 Å². The summed E-state index contributed by atoms with van der Waals surface area (Å²) in [6.45, 7) is 5.76. The van der Waals surface area contributed by atoms with Gasteiger partial charge >= 0.3 is 0 Å². The smallest absolute Gasteiger partial charge is 0.160 e. The molecule has 0 aliphatic rings. The van der Waals surface area contributed by atoms with Crippen molar-refractivity contribution in [3.8, 4) is 0 Å². The van der Waals surface area contributed by atoms with Crippen molar-refractivity contribution in [1.82, 2.24) is 0 Å². The van der Waals surface area contributed by atoms with Gasteiger partial charge in [0.05, 0.1) is 0 Å². The number of Topliss-reactive ketones (excluding diaryl/α,β-unsaturated/α-hetero) is 1. The fourth-order valence-electron chi connectivity index (χ4n) is 2.27. The van der Waals surface area contributed by atoms with Gasteiger partial charge in [-0.2, -0.15) is 0 Å². The molecule has 0 amide bonds. The van der Waals surface area contributed by atoms with Crippen molar-refractivity contribution in [3.05, 3.63) is 59.2 Å². The van der Waals surface area contributed by atoms with Crippen LogP contribution in [0.25, 0.3) is 0 Å². The molecule has 0 spiro atoms. The minimum Gasteiger partial charge on any atom is -0.355 e. The number of carbonyl (C=O) groups excluding carboxylic acids is 1. The number of ketones is 1. The molecule has 0 aromatic heterocycles. The zero-order valence-corrected chi connectivity index (χ0v) is 11.7. The van der Waals surface area contributed by atoms with E-state index in [0.29, 0.717) is 0 Å². The van der Waals surface area contributed by atoms with E-state index in [4.69, 9.17) is 0 Å². The Balaban J connectivity index is 2.43. The fraction of sp³-hybridized carbons (Fsp3) is 0.235. The summed E-state index contributed by atoms with van der Waals surface area (Å²) in [7, 11) is 0. The molecule has 0 aliphatic heterocycles. The van der Waals surface area contributed by atoms with E-state index in [9.17, 15) is 4.79 Å². The van der Waals surface area contributed by atoms with Crippen molar-refractivity contribution in [2.75, 3.05) is 5.32 Å². The van der Waals surface area contributed by atoms with Crippen LogP contribution in [0.3, 0.4) is 0 Å². The van der Waals surface area contributed by atoms with Crippen LogP contribution in [0.4, 0.5) is 11.4 Å². The van der Waals surface area contributed by atoms with E-state index in [1.807, 2.05) is 30.3 Å². The first-order chi connectivity index (χ1) is 9.13. The van der Waals surface area contributed by atoms with Crippen LogP contribution in [0, 0.1) is 6.92 Å². The third-order valence-corrected chi connectivity index (χ3v) is 3.32. The minimum absolute atomic E-state index is 0.116. The third-order valence-electron chi connectivity index (χ3n) is 3.32. The number of hydrogen-bond donors (Lipinski definition) is 1. The summed E-state index contributed by atoms with van der Waals surface area (Å²) in [5.41, 5.74) is 5.18. The van der Waals surface area contributed by atoms with E-state index in [1.165, 1.54) is 5.56 Å². The average Bonchev–Trinajstić information content (AvgIpc) is 2.41. The van der Waals surface area contributed by atoms with Crippen molar-refractivity contribution >= 4 is 17.2 Å². The van der Waals surface area contributed by atoms with Gasteiger partial charge < -0.3 is 5.32 Å². The molecule has 0 saturated heterocycles. The highest BCUT2D eigenvalue weighted by Gasteiger charge is 2.10. The van der Waals surface area contributed by atoms with Gasteiger partial charge in [-0.25, -0.2) is 0 Å². The lowest BCUT2D eigenvalue weighted by molar-refractivity contribution is 0.101. The number of rotatable bonds is 4. The van der Waals surface area contributed by atoms with Crippen LogP contribution in [0.1, 0.15) is 35.3 Å². The van der Waals surface area contributed by atoms with Crippen LogP contribution in [-0.4, -0.2) is 5.78 Å². The van der Waals surface area contributed by atoms with Gasteiger partial charge in [-0.15, -0.1) is 0 Å². The summed E-state index contributed by atoms with van der Waals surface area (Å²) in [4.78, 5) is 11.7. The molecule has 1 N–H and O–H groups in total. The van der Waals surface area contributed by atoms with Gasteiger partial charge in [0.1, 0.15) is 0 Å². The topological polar surface area (TPSA) is 29.1 Å². The number of hydrogen-bond acceptors (Lipinski definition) is 2. The van der Waals surface area contributed by atoms with Crippen molar-refractivity contribution in [1.29, 1.82) is 0 Å². The monoisotopic (exact) mass is 253 g/mol. The summed E-state index contributed by atoms with van der Waals surface area (Å²) >= 11 is 0. The van der Waals surface area contributed by atoms with Crippen LogP contribution in [0.2, 0.25) is 0 Å². The maximum Gasteiger partial charge on any atom is 0.160 e. The molecular weight excluding hydrogens is 234 g/mol. The number of benzene rings is 2. The fourth-order valence-corrected chi connectivity index (χ4v) is 2.27. The first-order valence-corrected chi connectivity index (χ1v) is 6.59. The molecule has 98 valence electrons. The number of carbonyl (C=O) groups is 1. The van der Waals surface area contributed by atoms with E-state index in [0.717, 1.165) is 28.9 Å². The number of anilines is 2. The van der Waals surface area contributed by atoms with Gasteiger partial charge in [0.15, 0.2) is 5.78 Å². The predicted molar refractivity (Wildman–Crippen MR) is 80.3 cm³/mol. The zero-order valence-electron chi connectivity index (χ0n) is 11.7. The zero-order chi connectivity index (χ0) is 13.8. The SMILES string of the molecule is CCc1c(Nc2ccccc2C)cccc1C(C)=O. The Bertz CT molecular complexity index is 602. The Morgan fingerprint density at radius 3 is 2.37 bits per heavy atom. The largest absolute Gasteiger partial charge is 0.355 e. The first kappa shape index (κ1) is 13.3. The predicted octanol–water partition coefficient (Wildman–Crippen LogP) is 4.50. The molecule has 2 aromatic carbocycles. The van der Waals surface area contributed by atoms with Gasteiger partial charge in [-0.1, -0.05) is 37.3 Å². The minimum atomic E-state index is 0.116. The van der Waals surface area contributed by atoms with Gasteiger partial charge in [0, 0.05) is 16.9 Å². The quantitative estimate of drug-likeness (QED) is 0.813. The van der Waals surface area contributed by atoms with E-state index in [1.54, 1.807) is 6.92 Å². The second-order valence-corrected chi connectivity index (χ2v) is 4.68. The van der Waals surface area contributed by atoms with Crippen LogP contribution >= 0.6 is 0 Å². The van der Waals surface area contributed by atoms with Crippen molar-refractivity contribution < 1.29 is 4.79 Å². The number of para-hydroxylation sites is 1. The number of aryl methyl sites for hydroxylation is 1. The molecule has 0 fully saturated rings. The Hall–Kier alpha value is -2.09. The molecule has 2 heteroatoms. The van der Waals surface area contributed by atoms with Gasteiger partial charge in [-0.3, -0.25) is 4.79 Å². The lowest BCUT2D eigenvalue weighted by atomic mass is 10.00. The van der Waals surface area contributed by atoms with Gasteiger partial charge in [-0.05, 0) is 43.5 Å². The standard InChI is InChI=1S/C17H19NO/c1-4-14-15(13(3)19)9-7-11-17(14)18-16-10-6-5-8-12(16)2/h5-11,18H,4H2,1-3H3. The van der Waals surface area contributed by atoms with Crippen LogP contribution < -0.4 is 5.32 Å². The lowest BCUT2D eigenvalue weighted by Gasteiger charge is -2.15. The van der Waals surface area contributed by atoms with E-state index in [2.05, 4.69) is 31.3 Å². The molecule has 2 rings (SSSR count). The molecule has 19 heavy (non-hydrogen) atoms. The Labute approximate surface area is 114 Å². The maximum absolute atomic E-state index is 11.7. The highest BCUT2D eigenvalue weighted by atomic mass is 16.1. The average molecular weight is 253 g/mol. The van der Waals surface area contributed by atoms with E-state index < -0.39 is 0 Å². The molecular formula is C17H19NO. The first-order valence-electron chi connectivity index (χ1n) is 6.59. The van der Waals surface area contributed by atoms with Gasteiger partial charge in [0.2, 0.25) is 0 Å². The summed E-state index contributed by atoms with van der Waals surface area (Å²) < 4.78 is 0. The summed E-state index contributed by atoms with van der Waals surface area (Å²) in [5.74, 6) is 0.116. The maximum atomic E-state index is 11.7. The summed E-state index contributed by atoms with van der Waals surface area (Å²) in [5, 5.41) is 3.43. The van der Waals surface area contributed by atoms with Gasteiger partial charge in [0.25, 0.3) is 0 Å². The highest BCUT2D eigenvalue weighted by molar-refractivity contribution is 5.97. The van der Waals surface area contributed by atoms with E-state index >= 15 is 0 Å². The molecule has 0 bridgehead atoms. The van der Waals surface area contributed by atoms with Crippen molar-refractivity contribution in [2.24, 2.45) is 0 Å². The molecule has 2 nitrogen and oxygen atoms in total. The Morgan fingerprint density at radius 1 is 1.05 bits per heavy atom. The van der Waals surface area contributed by atoms with Crippen molar-refractivity contribution in [3.63, 3.8) is 0 Å².